The van der Waals surface area contributed by atoms with Gasteiger partial charge in [0, 0.05) is 12.1 Å². The molecule has 1 N–H and O–H groups in total. The fraction of sp³-hybridized carbons (Fsp3) is 0.552. The van der Waals surface area contributed by atoms with Crippen LogP contribution in [0.2, 0.25) is 0 Å². The first-order valence-corrected chi connectivity index (χ1v) is 13.1. The highest BCUT2D eigenvalue weighted by atomic mass is 16.6. The first kappa shape index (κ1) is 24.0. The van der Waals surface area contributed by atoms with E-state index >= 15 is 0 Å². The van der Waals surface area contributed by atoms with Crippen molar-refractivity contribution in [3.05, 3.63) is 47.5 Å². The average Bonchev–Trinajstić information content (AvgIpc) is 3.21. The Morgan fingerprint density at radius 2 is 1.86 bits per heavy atom. The number of benzene rings is 2. The lowest BCUT2D eigenvalue weighted by atomic mass is 9.76. The monoisotopic (exact) mass is 478 g/mol. The Labute approximate surface area is 208 Å². The Bertz CT molecular complexity index is 1070. The fourth-order valence-electron chi connectivity index (χ4n) is 6.61. The van der Waals surface area contributed by atoms with Gasteiger partial charge < -0.3 is 19.5 Å². The van der Waals surface area contributed by atoms with Gasteiger partial charge in [0.15, 0.2) is 11.5 Å². The lowest BCUT2D eigenvalue weighted by Crippen LogP contribution is -2.53. The van der Waals surface area contributed by atoms with Crippen LogP contribution in [0.1, 0.15) is 56.7 Å². The highest BCUT2D eigenvalue weighted by Gasteiger charge is 2.45. The van der Waals surface area contributed by atoms with Gasteiger partial charge in [-0.25, -0.2) is 4.79 Å². The van der Waals surface area contributed by atoms with E-state index in [0.29, 0.717) is 5.92 Å². The zero-order chi connectivity index (χ0) is 24.6. The molecular weight excluding hydrogens is 440 g/mol. The lowest BCUT2D eigenvalue weighted by Gasteiger charge is -2.44. The lowest BCUT2D eigenvalue weighted by molar-refractivity contribution is -0.0353. The SMILES string of the molecule is CCC1(CC)Cc2cc(-c3cccc(OC)c3OC)ccc2C1NC(=O)O[C@H]1CN2CCC1CC2. The molecule has 188 valence electrons. The molecule has 3 fully saturated rings. The van der Waals surface area contributed by atoms with Gasteiger partial charge >= 0.3 is 6.09 Å². The molecule has 3 heterocycles. The van der Waals surface area contributed by atoms with Crippen molar-refractivity contribution in [3.63, 3.8) is 0 Å². The second-order valence-corrected chi connectivity index (χ2v) is 10.4. The summed E-state index contributed by atoms with van der Waals surface area (Å²) in [5.74, 6) is 1.96. The minimum absolute atomic E-state index is 0.0129. The molecule has 4 aliphatic rings. The molecule has 35 heavy (non-hydrogen) atoms. The summed E-state index contributed by atoms with van der Waals surface area (Å²) in [5, 5.41) is 3.31. The molecular formula is C29H38N2O4. The van der Waals surface area contributed by atoms with E-state index in [1.165, 1.54) is 11.1 Å². The van der Waals surface area contributed by atoms with Crippen molar-refractivity contribution < 1.29 is 19.0 Å². The molecule has 3 aliphatic heterocycles. The molecule has 3 saturated heterocycles. The molecule has 0 aromatic heterocycles. The van der Waals surface area contributed by atoms with Crippen LogP contribution in [-0.2, 0) is 11.2 Å². The summed E-state index contributed by atoms with van der Waals surface area (Å²) in [7, 11) is 3.33. The van der Waals surface area contributed by atoms with Gasteiger partial charge in [0.25, 0.3) is 0 Å². The zero-order valence-electron chi connectivity index (χ0n) is 21.4. The van der Waals surface area contributed by atoms with Crippen LogP contribution in [0.3, 0.4) is 0 Å². The molecule has 0 radical (unpaired) electrons. The number of nitrogens with zero attached hydrogens (tertiary/aromatic N) is 1. The van der Waals surface area contributed by atoms with Crippen LogP contribution in [-0.4, -0.2) is 51.0 Å². The summed E-state index contributed by atoms with van der Waals surface area (Å²) in [6, 6.07) is 12.5. The van der Waals surface area contributed by atoms with Crippen molar-refractivity contribution in [1.82, 2.24) is 10.2 Å². The van der Waals surface area contributed by atoms with E-state index in [4.69, 9.17) is 14.2 Å². The van der Waals surface area contributed by atoms with E-state index in [1.54, 1.807) is 14.2 Å². The van der Waals surface area contributed by atoms with Gasteiger partial charge in [-0.3, -0.25) is 4.90 Å². The van der Waals surface area contributed by atoms with Crippen molar-refractivity contribution in [3.8, 4) is 22.6 Å². The van der Waals surface area contributed by atoms with Crippen molar-refractivity contribution in [1.29, 1.82) is 0 Å². The molecule has 2 aromatic rings. The first-order valence-electron chi connectivity index (χ1n) is 13.1. The van der Waals surface area contributed by atoms with E-state index in [9.17, 15) is 4.79 Å². The minimum Gasteiger partial charge on any atom is -0.493 e. The largest absolute Gasteiger partial charge is 0.493 e. The fourth-order valence-corrected chi connectivity index (χ4v) is 6.61. The number of piperidine rings is 3. The van der Waals surface area contributed by atoms with Crippen LogP contribution >= 0.6 is 0 Å². The second kappa shape index (κ2) is 9.73. The third kappa shape index (κ3) is 4.26. The van der Waals surface area contributed by atoms with E-state index in [0.717, 1.165) is 74.4 Å². The van der Waals surface area contributed by atoms with Gasteiger partial charge in [-0.05, 0) is 79.3 Å². The van der Waals surface area contributed by atoms with Gasteiger partial charge in [0.05, 0.1) is 20.3 Å². The van der Waals surface area contributed by atoms with Gasteiger partial charge in [0.2, 0.25) is 0 Å². The molecule has 2 bridgehead atoms. The van der Waals surface area contributed by atoms with Gasteiger partial charge in [-0.1, -0.05) is 44.2 Å². The standard InChI is InChI=1S/C29H38N2O4/c1-5-29(6-2)17-21-16-20(22-8-7-9-24(33-3)26(22)34-4)10-11-23(21)27(29)30-28(32)35-25-18-31-14-12-19(25)13-15-31/h7-11,16,19,25,27H,5-6,12-15,17-18H2,1-4H3,(H,30,32)/t25-,27?/m0/s1. The number of rotatable bonds is 7. The minimum atomic E-state index is -0.272. The molecule has 0 spiro atoms. The number of fused-ring (bicyclic) bond motifs is 4. The number of hydrogen-bond acceptors (Lipinski definition) is 5. The van der Waals surface area contributed by atoms with Gasteiger partial charge in [0.1, 0.15) is 6.10 Å². The molecule has 6 nitrogen and oxygen atoms in total. The topological polar surface area (TPSA) is 60.0 Å². The van der Waals surface area contributed by atoms with Crippen molar-refractivity contribution in [2.24, 2.45) is 11.3 Å². The Morgan fingerprint density at radius 1 is 1.09 bits per heavy atom. The van der Waals surface area contributed by atoms with Crippen LogP contribution in [0.4, 0.5) is 4.79 Å². The van der Waals surface area contributed by atoms with Crippen molar-refractivity contribution in [2.45, 2.75) is 58.1 Å². The number of carbonyl (C=O) groups is 1. The number of alkyl carbamates (subject to hydrolysis) is 1. The number of nitrogens with one attached hydrogen (secondary N) is 1. The molecule has 2 aromatic carbocycles. The summed E-state index contributed by atoms with van der Waals surface area (Å²) in [6.07, 6.45) is 4.91. The Balaban J connectivity index is 1.41. The highest BCUT2D eigenvalue weighted by Crippen LogP contribution is 2.51. The van der Waals surface area contributed by atoms with Gasteiger partial charge in [-0.15, -0.1) is 0 Å². The summed E-state index contributed by atoms with van der Waals surface area (Å²) >= 11 is 0. The maximum Gasteiger partial charge on any atom is 0.407 e. The number of amides is 1. The smallest absolute Gasteiger partial charge is 0.407 e. The molecule has 1 unspecified atom stereocenters. The molecule has 0 saturated carbocycles. The van der Waals surface area contributed by atoms with Crippen molar-refractivity contribution >= 4 is 6.09 Å². The predicted octanol–water partition coefficient (Wildman–Crippen LogP) is 5.59. The van der Waals surface area contributed by atoms with E-state index in [2.05, 4.69) is 48.3 Å². The second-order valence-electron chi connectivity index (χ2n) is 10.4. The Morgan fingerprint density at radius 3 is 2.49 bits per heavy atom. The maximum atomic E-state index is 13.1. The van der Waals surface area contributed by atoms with E-state index < -0.39 is 0 Å². The van der Waals surface area contributed by atoms with Crippen LogP contribution in [0.5, 0.6) is 11.5 Å². The normalized spacial score (nSPS) is 26.2. The number of para-hydroxylation sites is 1. The third-order valence-corrected chi connectivity index (χ3v) is 8.85. The molecule has 6 heteroatoms. The van der Waals surface area contributed by atoms with Gasteiger partial charge in [-0.2, -0.15) is 0 Å². The third-order valence-electron chi connectivity index (χ3n) is 8.85. The van der Waals surface area contributed by atoms with Crippen LogP contribution in [0, 0.1) is 11.3 Å². The number of carbonyl (C=O) groups excluding carboxylic acids is 1. The summed E-state index contributed by atoms with van der Waals surface area (Å²) < 4.78 is 17.2. The summed E-state index contributed by atoms with van der Waals surface area (Å²) in [4.78, 5) is 15.5. The Kier molecular flexibility index (Phi) is 6.67. The average molecular weight is 479 g/mol. The maximum absolute atomic E-state index is 13.1. The number of methoxy groups -OCH3 is 2. The van der Waals surface area contributed by atoms with E-state index in [-0.39, 0.29) is 23.7 Å². The highest BCUT2D eigenvalue weighted by molar-refractivity contribution is 5.75. The summed E-state index contributed by atoms with van der Waals surface area (Å²) in [6.45, 7) is 7.61. The Hall–Kier alpha value is -2.73. The summed E-state index contributed by atoms with van der Waals surface area (Å²) in [5.41, 5.74) is 4.56. The number of hydrogen-bond donors (Lipinski definition) is 1. The molecule has 1 aliphatic carbocycles. The molecule has 6 rings (SSSR count). The van der Waals surface area contributed by atoms with Crippen molar-refractivity contribution in [2.75, 3.05) is 33.9 Å². The predicted molar refractivity (Wildman–Crippen MR) is 137 cm³/mol. The molecule has 2 atom stereocenters. The zero-order valence-corrected chi connectivity index (χ0v) is 21.4. The first-order chi connectivity index (χ1) is 17.0. The van der Waals surface area contributed by atoms with E-state index in [1.807, 2.05) is 12.1 Å². The molecule has 1 amide bonds. The number of ether oxygens (including phenoxy) is 3. The van der Waals surface area contributed by atoms with Crippen LogP contribution in [0.15, 0.2) is 36.4 Å². The van der Waals surface area contributed by atoms with Crippen LogP contribution in [0.25, 0.3) is 11.1 Å². The quantitative estimate of drug-likeness (QED) is 0.562. The van der Waals surface area contributed by atoms with Crippen LogP contribution < -0.4 is 14.8 Å².